The van der Waals surface area contributed by atoms with Gasteiger partial charge in [0, 0.05) is 19.0 Å². The van der Waals surface area contributed by atoms with Gasteiger partial charge in [0.2, 0.25) is 11.8 Å². The van der Waals surface area contributed by atoms with Crippen molar-refractivity contribution < 1.29 is 23.8 Å². The van der Waals surface area contributed by atoms with E-state index in [0.717, 1.165) is 24.1 Å². The van der Waals surface area contributed by atoms with Gasteiger partial charge in [-0.15, -0.1) is 0 Å². The largest absolute Gasteiger partial charge is 0.493 e. The van der Waals surface area contributed by atoms with Crippen molar-refractivity contribution in [1.82, 2.24) is 9.88 Å². The highest BCUT2D eigenvalue weighted by molar-refractivity contribution is 5.92. The molecule has 7 nitrogen and oxygen atoms in total. The van der Waals surface area contributed by atoms with E-state index >= 15 is 0 Å². The topological polar surface area (TPSA) is 92.9 Å². The number of carbonyl (C=O) groups is 2. The zero-order valence-electron chi connectivity index (χ0n) is 20.6. The summed E-state index contributed by atoms with van der Waals surface area (Å²) in [6.45, 7) is 6.96. The van der Waals surface area contributed by atoms with Gasteiger partial charge < -0.3 is 19.2 Å². The lowest BCUT2D eigenvalue weighted by molar-refractivity contribution is -0.149. The molecular weight excluding hydrogens is 444 g/mol. The lowest BCUT2D eigenvalue weighted by Gasteiger charge is -2.34. The minimum absolute atomic E-state index is 0.326. The van der Waals surface area contributed by atoms with Crippen LogP contribution in [0.1, 0.15) is 62.4 Å². The Bertz CT molecular complexity index is 1100. The van der Waals surface area contributed by atoms with Gasteiger partial charge >= 0.3 is 5.97 Å². The molecule has 0 saturated heterocycles. The van der Waals surface area contributed by atoms with Gasteiger partial charge in [-0.2, -0.15) is 0 Å². The first-order valence-electron chi connectivity index (χ1n) is 12.1. The highest BCUT2D eigenvalue weighted by Crippen LogP contribution is 2.33. The molecular formula is C28H34N2O5. The Morgan fingerprint density at radius 2 is 2.14 bits per heavy atom. The zero-order valence-corrected chi connectivity index (χ0v) is 20.6. The minimum Gasteiger partial charge on any atom is -0.493 e. The van der Waals surface area contributed by atoms with Gasteiger partial charge in [0.15, 0.2) is 6.04 Å². The summed E-state index contributed by atoms with van der Waals surface area (Å²) in [5, 5.41) is 9.90. The second kappa shape index (κ2) is 12.7. The number of hydrogen-bond donors (Lipinski definition) is 1. The van der Waals surface area contributed by atoms with Crippen LogP contribution in [-0.4, -0.2) is 40.0 Å². The van der Waals surface area contributed by atoms with E-state index in [0.29, 0.717) is 49.1 Å². The van der Waals surface area contributed by atoms with Gasteiger partial charge in [-0.05, 0) is 61.4 Å². The normalized spacial score (nSPS) is 16.0. The van der Waals surface area contributed by atoms with Crippen molar-refractivity contribution in [3.8, 4) is 5.75 Å². The number of ether oxygens (including phenoxy) is 1. The van der Waals surface area contributed by atoms with Crippen molar-refractivity contribution in [2.45, 2.75) is 52.5 Å². The number of aliphatic carboxylic acids is 1. The van der Waals surface area contributed by atoms with Crippen LogP contribution < -0.4 is 4.74 Å². The fourth-order valence-corrected chi connectivity index (χ4v) is 3.93. The van der Waals surface area contributed by atoms with E-state index in [-0.39, 0.29) is 5.91 Å². The smallest absolute Gasteiger partial charge is 0.331 e. The molecule has 3 rings (SSSR count). The molecule has 1 aromatic carbocycles. The van der Waals surface area contributed by atoms with Crippen LogP contribution >= 0.6 is 0 Å². The number of amides is 1. The van der Waals surface area contributed by atoms with Crippen LogP contribution in [0.5, 0.6) is 5.75 Å². The third-order valence-electron chi connectivity index (χ3n) is 5.77. The quantitative estimate of drug-likeness (QED) is 0.344. The van der Waals surface area contributed by atoms with Gasteiger partial charge in [-0.25, -0.2) is 9.78 Å². The summed E-state index contributed by atoms with van der Waals surface area (Å²) in [6.07, 6.45) is 15.4. The van der Waals surface area contributed by atoms with Crippen LogP contribution in [0.2, 0.25) is 0 Å². The van der Waals surface area contributed by atoms with E-state index in [4.69, 9.17) is 9.15 Å². The summed E-state index contributed by atoms with van der Waals surface area (Å²) in [7, 11) is 0. The molecule has 7 heteroatoms. The molecule has 1 aliphatic rings. The van der Waals surface area contributed by atoms with Crippen LogP contribution in [0, 0.1) is 5.92 Å². The first-order valence-corrected chi connectivity index (χ1v) is 12.1. The maximum atomic E-state index is 12.6. The molecule has 2 aromatic rings. The molecule has 1 N–H and O–H groups in total. The molecule has 0 spiro atoms. The standard InChI is InChI=1S/C28H34N2O5/c1-4-5-6-11-26(31)30-16-14-21-12-13-23(18-24(21)27(30)28(32)33)34-17-15-22-19-35-25(29-22)10-8-7-9-20(2)3/h4-6,8,10-13,18-20,27H,7,9,14-17H2,1-3H3,(H,32,33). The van der Waals surface area contributed by atoms with Crippen molar-refractivity contribution >= 4 is 18.0 Å². The molecule has 2 heterocycles. The number of hydrogen-bond acceptors (Lipinski definition) is 5. The molecule has 0 aliphatic carbocycles. The van der Waals surface area contributed by atoms with Crippen molar-refractivity contribution in [3.63, 3.8) is 0 Å². The summed E-state index contributed by atoms with van der Waals surface area (Å²) in [5.74, 6) is 0.413. The van der Waals surface area contributed by atoms with E-state index in [1.807, 2.05) is 25.1 Å². The van der Waals surface area contributed by atoms with Gasteiger partial charge in [0.1, 0.15) is 12.0 Å². The summed E-state index contributed by atoms with van der Waals surface area (Å²) in [6, 6.07) is 4.40. The fraction of sp³-hybridized carbons (Fsp3) is 0.393. The number of nitrogens with zero attached hydrogens (tertiary/aromatic N) is 2. The molecule has 0 radical (unpaired) electrons. The minimum atomic E-state index is -1.06. The van der Waals surface area contributed by atoms with Gasteiger partial charge in [-0.1, -0.05) is 44.2 Å². The van der Waals surface area contributed by atoms with Crippen LogP contribution in [0.4, 0.5) is 0 Å². The Kier molecular flexibility index (Phi) is 9.47. The number of carbonyl (C=O) groups excluding carboxylic acids is 1. The van der Waals surface area contributed by atoms with Crippen molar-refractivity contribution in [2.24, 2.45) is 5.92 Å². The predicted molar refractivity (Wildman–Crippen MR) is 135 cm³/mol. The summed E-state index contributed by atoms with van der Waals surface area (Å²) in [5.41, 5.74) is 2.29. The van der Waals surface area contributed by atoms with Crippen LogP contribution in [-0.2, 0) is 22.4 Å². The lowest BCUT2D eigenvalue weighted by atomic mass is 9.92. The van der Waals surface area contributed by atoms with E-state index in [1.165, 1.54) is 11.0 Å². The summed E-state index contributed by atoms with van der Waals surface area (Å²) < 4.78 is 11.4. The van der Waals surface area contributed by atoms with Crippen molar-refractivity contribution in [3.05, 3.63) is 77.6 Å². The Labute approximate surface area is 206 Å². The number of rotatable bonds is 11. The highest BCUT2D eigenvalue weighted by atomic mass is 16.5. The molecule has 1 unspecified atom stereocenters. The van der Waals surface area contributed by atoms with Crippen molar-refractivity contribution in [1.29, 1.82) is 0 Å². The lowest BCUT2D eigenvalue weighted by Crippen LogP contribution is -2.42. The monoisotopic (exact) mass is 478 g/mol. The number of fused-ring (bicyclic) bond motifs is 1. The highest BCUT2D eigenvalue weighted by Gasteiger charge is 2.35. The second-order valence-electron chi connectivity index (χ2n) is 8.92. The average Bonchev–Trinajstić information content (AvgIpc) is 3.28. The van der Waals surface area contributed by atoms with E-state index < -0.39 is 12.0 Å². The number of carboxylic acid groups (broad SMARTS) is 1. The van der Waals surface area contributed by atoms with E-state index in [9.17, 15) is 14.7 Å². The molecule has 1 amide bonds. The third kappa shape index (κ3) is 7.44. The molecule has 1 atom stereocenters. The Hall–Kier alpha value is -3.61. The van der Waals surface area contributed by atoms with E-state index in [2.05, 4.69) is 24.9 Å². The molecule has 0 bridgehead atoms. The number of carboxylic acids is 1. The van der Waals surface area contributed by atoms with Crippen molar-refractivity contribution in [2.75, 3.05) is 13.2 Å². The molecule has 35 heavy (non-hydrogen) atoms. The van der Waals surface area contributed by atoms with E-state index in [1.54, 1.807) is 30.6 Å². The molecule has 0 saturated carbocycles. The maximum absolute atomic E-state index is 12.6. The molecule has 186 valence electrons. The molecule has 1 aromatic heterocycles. The van der Waals surface area contributed by atoms with Gasteiger partial charge in [0.05, 0.1) is 12.3 Å². The zero-order chi connectivity index (χ0) is 25.2. The Morgan fingerprint density at radius 1 is 1.31 bits per heavy atom. The summed E-state index contributed by atoms with van der Waals surface area (Å²) >= 11 is 0. The first-order chi connectivity index (χ1) is 16.9. The third-order valence-corrected chi connectivity index (χ3v) is 5.77. The number of allylic oxidation sites excluding steroid dienone is 4. The fourth-order valence-electron chi connectivity index (χ4n) is 3.93. The molecule has 0 fully saturated rings. The Morgan fingerprint density at radius 3 is 2.89 bits per heavy atom. The van der Waals surface area contributed by atoms with Gasteiger partial charge in [-0.3, -0.25) is 4.79 Å². The van der Waals surface area contributed by atoms with Crippen LogP contribution in [0.3, 0.4) is 0 Å². The van der Waals surface area contributed by atoms with Gasteiger partial charge in [0.25, 0.3) is 0 Å². The number of aromatic nitrogens is 1. The number of benzene rings is 1. The molecule has 1 aliphatic heterocycles. The Balaban J connectivity index is 1.62. The summed E-state index contributed by atoms with van der Waals surface area (Å²) in [4.78, 5) is 30.6. The maximum Gasteiger partial charge on any atom is 0.331 e. The predicted octanol–water partition coefficient (Wildman–Crippen LogP) is 5.39. The second-order valence-corrected chi connectivity index (χ2v) is 8.92. The van der Waals surface area contributed by atoms with Crippen LogP contribution in [0.15, 0.2) is 59.3 Å². The SMILES string of the molecule is CC=CC=CC(=O)N1CCc2ccc(OCCc3coc(C=CCCC(C)C)n3)cc2C1C(=O)O. The number of oxazole rings is 1. The average molecular weight is 479 g/mol. The van der Waals surface area contributed by atoms with Crippen LogP contribution in [0.25, 0.3) is 6.08 Å². The first kappa shape index (κ1) is 26.0.